The number of hydrogen-bond acceptors (Lipinski definition) is 2. The molecule has 0 spiro atoms. The Morgan fingerprint density at radius 1 is 1.28 bits per heavy atom. The number of aliphatic hydroxyl groups is 1. The molecular weight excluding hydrogens is 224 g/mol. The second-order valence-corrected chi connectivity index (χ2v) is 5.49. The van der Waals surface area contributed by atoms with Crippen LogP contribution in [0.1, 0.15) is 56.1 Å². The fraction of sp³-hybridized carbons (Fsp3) is 0.562. The van der Waals surface area contributed by atoms with E-state index in [0.717, 1.165) is 12.8 Å². The SMILES string of the molecule is CCC(=O)C1(O)CCC(c2ccc(C)cc2)CC1. The van der Waals surface area contributed by atoms with E-state index in [4.69, 9.17) is 0 Å². The van der Waals surface area contributed by atoms with Crippen LogP contribution in [0.5, 0.6) is 0 Å². The molecule has 0 atom stereocenters. The first-order valence-electron chi connectivity index (χ1n) is 6.87. The Morgan fingerprint density at radius 2 is 1.83 bits per heavy atom. The Bertz CT molecular complexity index is 411. The molecule has 0 radical (unpaired) electrons. The highest BCUT2D eigenvalue weighted by Gasteiger charge is 2.38. The summed E-state index contributed by atoms with van der Waals surface area (Å²) in [5.74, 6) is 0.500. The molecule has 0 unspecified atom stereocenters. The molecule has 98 valence electrons. The molecular formula is C16H22O2. The Morgan fingerprint density at radius 3 is 2.33 bits per heavy atom. The molecule has 18 heavy (non-hydrogen) atoms. The van der Waals surface area contributed by atoms with Gasteiger partial charge in [0, 0.05) is 6.42 Å². The number of carbonyl (C=O) groups excluding carboxylic acids is 1. The van der Waals surface area contributed by atoms with Crippen LogP contribution in [0, 0.1) is 6.92 Å². The highest BCUT2D eigenvalue weighted by atomic mass is 16.3. The number of rotatable bonds is 3. The zero-order valence-corrected chi connectivity index (χ0v) is 11.3. The first-order chi connectivity index (χ1) is 8.55. The van der Waals surface area contributed by atoms with Crippen LogP contribution >= 0.6 is 0 Å². The van der Waals surface area contributed by atoms with E-state index in [-0.39, 0.29) is 5.78 Å². The van der Waals surface area contributed by atoms with E-state index in [0.29, 0.717) is 25.2 Å². The van der Waals surface area contributed by atoms with Crippen LogP contribution in [-0.4, -0.2) is 16.5 Å². The third kappa shape index (κ3) is 2.64. The van der Waals surface area contributed by atoms with Crippen LogP contribution in [0.4, 0.5) is 0 Å². The predicted octanol–water partition coefficient (Wildman–Crippen LogP) is 3.36. The second-order valence-electron chi connectivity index (χ2n) is 5.49. The van der Waals surface area contributed by atoms with E-state index in [1.165, 1.54) is 11.1 Å². The van der Waals surface area contributed by atoms with Gasteiger partial charge in [0.2, 0.25) is 0 Å². The summed E-state index contributed by atoms with van der Waals surface area (Å²) >= 11 is 0. The molecule has 2 heteroatoms. The highest BCUT2D eigenvalue weighted by molar-refractivity contribution is 5.86. The van der Waals surface area contributed by atoms with Gasteiger partial charge in [-0.05, 0) is 44.1 Å². The van der Waals surface area contributed by atoms with E-state index in [2.05, 4.69) is 31.2 Å². The molecule has 0 aromatic heterocycles. The summed E-state index contributed by atoms with van der Waals surface area (Å²) in [4.78, 5) is 11.7. The molecule has 2 rings (SSSR count). The van der Waals surface area contributed by atoms with Crippen molar-refractivity contribution in [2.24, 2.45) is 0 Å². The van der Waals surface area contributed by atoms with Gasteiger partial charge in [0.15, 0.2) is 5.78 Å². The summed E-state index contributed by atoms with van der Waals surface area (Å²) in [5.41, 5.74) is 1.56. The number of aryl methyl sites for hydroxylation is 1. The molecule has 0 saturated heterocycles. The van der Waals surface area contributed by atoms with E-state index >= 15 is 0 Å². The third-order valence-corrected chi connectivity index (χ3v) is 4.20. The molecule has 0 heterocycles. The zero-order chi connectivity index (χ0) is 13.2. The normalized spacial score (nSPS) is 28.1. The van der Waals surface area contributed by atoms with Gasteiger partial charge in [0.1, 0.15) is 5.60 Å². The van der Waals surface area contributed by atoms with Crippen molar-refractivity contribution in [3.8, 4) is 0 Å². The van der Waals surface area contributed by atoms with Crippen molar-refractivity contribution in [1.82, 2.24) is 0 Å². The quantitative estimate of drug-likeness (QED) is 0.888. The van der Waals surface area contributed by atoms with Crippen molar-refractivity contribution in [3.05, 3.63) is 35.4 Å². The number of benzene rings is 1. The average molecular weight is 246 g/mol. The lowest BCUT2D eigenvalue weighted by molar-refractivity contribution is -0.140. The molecule has 1 aliphatic rings. The van der Waals surface area contributed by atoms with Gasteiger partial charge in [0.25, 0.3) is 0 Å². The topological polar surface area (TPSA) is 37.3 Å². The minimum Gasteiger partial charge on any atom is -0.382 e. The maximum Gasteiger partial charge on any atom is 0.164 e. The van der Waals surface area contributed by atoms with Gasteiger partial charge < -0.3 is 5.11 Å². The van der Waals surface area contributed by atoms with Crippen LogP contribution in [0.2, 0.25) is 0 Å². The largest absolute Gasteiger partial charge is 0.382 e. The summed E-state index contributed by atoms with van der Waals surface area (Å²) < 4.78 is 0. The average Bonchev–Trinajstić information content (AvgIpc) is 2.40. The molecule has 1 aliphatic carbocycles. The zero-order valence-electron chi connectivity index (χ0n) is 11.3. The maximum absolute atomic E-state index is 11.7. The Balaban J connectivity index is 2.02. The van der Waals surface area contributed by atoms with Crippen LogP contribution < -0.4 is 0 Å². The number of hydrogen-bond donors (Lipinski definition) is 1. The molecule has 1 saturated carbocycles. The van der Waals surface area contributed by atoms with Crippen molar-refractivity contribution < 1.29 is 9.90 Å². The van der Waals surface area contributed by atoms with Gasteiger partial charge >= 0.3 is 0 Å². The van der Waals surface area contributed by atoms with Gasteiger partial charge in [-0.15, -0.1) is 0 Å². The molecule has 0 amide bonds. The van der Waals surface area contributed by atoms with Gasteiger partial charge in [-0.3, -0.25) is 4.79 Å². The van der Waals surface area contributed by atoms with Gasteiger partial charge in [-0.1, -0.05) is 36.8 Å². The fourth-order valence-corrected chi connectivity index (χ4v) is 2.88. The third-order valence-electron chi connectivity index (χ3n) is 4.20. The summed E-state index contributed by atoms with van der Waals surface area (Å²) in [5, 5.41) is 10.3. The Hall–Kier alpha value is -1.15. The number of carbonyl (C=O) groups is 1. The molecule has 0 aliphatic heterocycles. The summed E-state index contributed by atoms with van der Waals surface area (Å²) in [6.45, 7) is 3.91. The monoisotopic (exact) mass is 246 g/mol. The van der Waals surface area contributed by atoms with Crippen LogP contribution in [0.15, 0.2) is 24.3 Å². The summed E-state index contributed by atoms with van der Waals surface area (Å²) in [7, 11) is 0. The molecule has 1 fully saturated rings. The van der Waals surface area contributed by atoms with E-state index in [9.17, 15) is 9.90 Å². The standard InChI is InChI=1S/C16H22O2/c1-3-15(17)16(18)10-8-14(9-11-16)13-6-4-12(2)5-7-13/h4-7,14,18H,3,8-11H2,1-2H3. The Labute approximate surface area is 109 Å². The summed E-state index contributed by atoms with van der Waals surface area (Å²) in [6, 6.07) is 8.61. The van der Waals surface area contributed by atoms with Crippen molar-refractivity contribution in [2.75, 3.05) is 0 Å². The molecule has 0 bridgehead atoms. The highest BCUT2D eigenvalue weighted by Crippen LogP contribution is 2.38. The predicted molar refractivity (Wildman–Crippen MR) is 72.6 cm³/mol. The first kappa shape index (κ1) is 13.3. The fourth-order valence-electron chi connectivity index (χ4n) is 2.88. The number of Topliss-reactive ketones (excluding diaryl/α,β-unsaturated/α-hetero) is 1. The molecule has 1 aromatic rings. The minimum absolute atomic E-state index is 0.00450. The van der Waals surface area contributed by atoms with Crippen molar-refractivity contribution >= 4 is 5.78 Å². The van der Waals surface area contributed by atoms with Gasteiger partial charge in [-0.2, -0.15) is 0 Å². The van der Waals surface area contributed by atoms with E-state index in [1.54, 1.807) is 0 Å². The lowest BCUT2D eigenvalue weighted by Gasteiger charge is -2.34. The van der Waals surface area contributed by atoms with Crippen LogP contribution in [0.3, 0.4) is 0 Å². The minimum atomic E-state index is -1.05. The van der Waals surface area contributed by atoms with Crippen molar-refractivity contribution in [1.29, 1.82) is 0 Å². The first-order valence-corrected chi connectivity index (χ1v) is 6.87. The van der Waals surface area contributed by atoms with Gasteiger partial charge in [-0.25, -0.2) is 0 Å². The Kier molecular flexibility index (Phi) is 3.86. The van der Waals surface area contributed by atoms with E-state index in [1.807, 2.05) is 6.92 Å². The van der Waals surface area contributed by atoms with Crippen LogP contribution in [-0.2, 0) is 4.79 Å². The van der Waals surface area contributed by atoms with E-state index < -0.39 is 5.60 Å². The summed E-state index contributed by atoms with van der Waals surface area (Å²) in [6.07, 6.45) is 3.47. The molecule has 1 N–H and O–H groups in total. The maximum atomic E-state index is 11.7. The smallest absolute Gasteiger partial charge is 0.164 e. The second kappa shape index (κ2) is 5.23. The van der Waals surface area contributed by atoms with Crippen molar-refractivity contribution in [2.45, 2.75) is 57.5 Å². The van der Waals surface area contributed by atoms with Crippen molar-refractivity contribution in [3.63, 3.8) is 0 Å². The molecule has 1 aromatic carbocycles. The lowest BCUT2D eigenvalue weighted by Crippen LogP contribution is -2.41. The van der Waals surface area contributed by atoms with Gasteiger partial charge in [0.05, 0.1) is 0 Å². The molecule has 2 nitrogen and oxygen atoms in total. The number of ketones is 1. The lowest BCUT2D eigenvalue weighted by atomic mass is 9.74. The van der Waals surface area contributed by atoms with Crippen LogP contribution in [0.25, 0.3) is 0 Å².